The van der Waals surface area contributed by atoms with E-state index in [0.717, 1.165) is 38.1 Å². The predicted octanol–water partition coefficient (Wildman–Crippen LogP) is 4.09. The molecule has 0 radical (unpaired) electrons. The van der Waals surface area contributed by atoms with Crippen LogP contribution in [-0.4, -0.2) is 22.9 Å². The van der Waals surface area contributed by atoms with Gasteiger partial charge in [-0.15, -0.1) is 0 Å². The number of nitrogens with one attached hydrogen (secondary N) is 1. The lowest BCUT2D eigenvalue weighted by molar-refractivity contribution is 0.107. The van der Waals surface area contributed by atoms with Crippen LogP contribution >= 0.6 is 0 Å². The minimum absolute atomic E-state index is 0.176. The van der Waals surface area contributed by atoms with Gasteiger partial charge >= 0.3 is 0 Å². The second-order valence-electron chi connectivity index (χ2n) is 6.80. The van der Waals surface area contributed by atoms with E-state index in [1.54, 1.807) is 0 Å². The molecule has 1 aromatic carbocycles. The summed E-state index contributed by atoms with van der Waals surface area (Å²) >= 11 is 0. The predicted molar refractivity (Wildman–Crippen MR) is 92.4 cm³/mol. The number of benzene rings is 1. The van der Waals surface area contributed by atoms with Crippen molar-refractivity contribution in [1.29, 1.82) is 0 Å². The van der Waals surface area contributed by atoms with Crippen LogP contribution < -0.4 is 5.32 Å². The molecule has 0 bridgehead atoms. The Bertz CT molecular complexity index is 714. The standard InChI is InChI=1S/C19H25N3O/c1-13-8-9-14(2)16(12-13)22-19-15(6-3-4-10-20-19)18(21-22)17-7-5-11-23-17/h8-9,12,17,20H,3-7,10-11H2,1-2H3. The van der Waals surface area contributed by atoms with Crippen molar-refractivity contribution in [2.24, 2.45) is 0 Å². The fourth-order valence-corrected chi connectivity index (χ4v) is 3.70. The molecule has 2 aliphatic rings. The van der Waals surface area contributed by atoms with Gasteiger partial charge in [0.25, 0.3) is 0 Å². The van der Waals surface area contributed by atoms with Gasteiger partial charge in [-0.25, -0.2) is 4.68 Å². The van der Waals surface area contributed by atoms with Gasteiger partial charge in [-0.2, -0.15) is 5.10 Å². The van der Waals surface area contributed by atoms with E-state index < -0.39 is 0 Å². The van der Waals surface area contributed by atoms with Gasteiger partial charge in [0.1, 0.15) is 11.9 Å². The van der Waals surface area contributed by atoms with Crippen molar-refractivity contribution in [2.75, 3.05) is 18.5 Å². The first kappa shape index (κ1) is 14.8. The van der Waals surface area contributed by atoms with Crippen molar-refractivity contribution >= 4 is 5.82 Å². The van der Waals surface area contributed by atoms with Crippen molar-refractivity contribution < 1.29 is 4.74 Å². The van der Waals surface area contributed by atoms with Crippen molar-refractivity contribution in [3.63, 3.8) is 0 Å². The third kappa shape index (κ3) is 2.65. The van der Waals surface area contributed by atoms with Crippen LogP contribution in [0.2, 0.25) is 0 Å². The lowest BCUT2D eigenvalue weighted by Gasteiger charge is -2.12. The molecule has 0 amide bonds. The second kappa shape index (κ2) is 6.00. The average molecular weight is 311 g/mol. The van der Waals surface area contributed by atoms with E-state index in [1.807, 2.05) is 0 Å². The second-order valence-corrected chi connectivity index (χ2v) is 6.80. The molecule has 1 unspecified atom stereocenters. The Kier molecular flexibility index (Phi) is 3.85. The molecular weight excluding hydrogens is 286 g/mol. The summed E-state index contributed by atoms with van der Waals surface area (Å²) in [4.78, 5) is 0. The number of anilines is 1. The summed E-state index contributed by atoms with van der Waals surface area (Å²) in [6.07, 6.45) is 5.95. The number of aromatic nitrogens is 2. The van der Waals surface area contributed by atoms with Gasteiger partial charge in [0.15, 0.2) is 0 Å². The zero-order valence-corrected chi connectivity index (χ0v) is 14.1. The molecule has 2 aliphatic heterocycles. The third-order valence-electron chi connectivity index (χ3n) is 4.99. The van der Waals surface area contributed by atoms with Crippen molar-refractivity contribution in [3.8, 4) is 5.69 Å². The Hall–Kier alpha value is -1.81. The molecule has 1 N–H and O–H groups in total. The largest absolute Gasteiger partial charge is 0.372 e. The summed E-state index contributed by atoms with van der Waals surface area (Å²) in [7, 11) is 0. The molecule has 1 fully saturated rings. The molecule has 0 saturated carbocycles. The molecule has 4 heteroatoms. The van der Waals surface area contributed by atoms with E-state index in [9.17, 15) is 0 Å². The quantitative estimate of drug-likeness (QED) is 0.908. The Morgan fingerprint density at radius 2 is 2.13 bits per heavy atom. The molecule has 122 valence electrons. The monoisotopic (exact) mass is 311 g/mol. The molecule has 0 aliphatic carbocycles. The summed E-state index contributed by atoms with van der Waals surface area (Å²) in [5.41, 5.74) is 6.23. The summed E-state index contributed by atoms with van der Waals surface area (Å²) in [5, 5.41) is 8.64. The highest BCUT2D eigenvalue weighted by atomic mass is 16.5. The fourth-order valence-electron chi connectivity index (χ4n) is 3.70. The molecule has 1 saturated heterocycles. The molecule has 0 spiro atoms. The van der Waals surface area contributed by atoms with E-state index in [1.165, 1.54) is 41.0 Å². The van der Waals surface area contributed by atoms with Crippen LogP contribution in [0, 0.1) is 13.8 Å². The molecule has 2 aromatic rings. The van der Waals surface area contributed by atoms with Crippen LogP contribution in [0.3, 0.4) is 0 Å². The molecule has 4 nitrogen and oxygen atoms in total. The Labute approximate surface area is 137 Å². The average Bonchev–Trinajstić information content (AvgIpc) is 3.12. The number of fused-ring (bicyclic) bond motifs is 1. The summed E-state index contributed by atoms with van der Waals surface area (Å²) in [6.45, 7) is 6.18. The summed E-state index contributed by atoms with van der Waals surface area (Å²) in [5.74, 6) is 1.18. The molecule has 4 rings (SSSR count). The van der Waals surface area contributed by atoms with Gasteiger partial charge in [0.05, 0.1) is 11.4 Å². The Balaban J connectivity index is 1.87. The first-order chi connectivity index (χ1) is 11.2. The van der Waals surface area contributed by atoms with E-state index in [-0.39, 0.29) is 6.10 Å². The fraction of sp³-hybridized carbons (Fsp3) is 0.526. The number of rotatable bonds is 2. The van der Waals surface area contributed by atoms with E-state index in [0.29, 0.717) is 0 Å². The van der Waals surface area contributed by atoms with Gasteiger partial charge < -0.3 is 10.1 Å². The van der Waals surface area contributed by atoms with Gasteiger partial charge in [0, 0.05) is 18.7 Å². The lowest BCUT2D eigenvalue weighted by Crippen LogP contribution is -2.08. The van der Waals surface area contributed by atoms with Gasteiger partial charge in [-0.05, 0) is 63.1 Å². The van der Waals surface area contributed by atoms with E-state index in [4.69, 9.17) is 9.84 Å². The molecule has 1 aromatic heterocycles. The van der Waals surface area contributed by atoms with Crippen LogP contribution in [0.15, 0.2) is 18.2 Å². The van der Waals surface area contributed by atoms with Crippen LogP contribution in [0.5, 0.6) is 0 Å². The van der Waals surface area contributed by atoms with Gasteiger partial charge in [-0.1, -0.05) is 12.1 Å². The van der Waals surface area contributed by atoms with Crippen molar-refractivity contribution in [3.05, 3.63) is 40.6 Å². The van der Waals surface area contributed by atoms with Crippen molar-refractivity contribution in [2.45, 2.75) is 52.1 Å². The number of ether oxygens (including phenoxy) is 1. The maximum atomic E-state index is 5.95. The zero-order valence-electron chi connectivity index (χ0n) is 14.1. The minimum atomic E-state index is 0.176. The molecule has 1 atom stereocenters. The molecule has 23 heavy (non-hydrogen) atoms. The van der Waals surface area contributed by atoms with Crippen LogP contribution in [0.25, 0.3) is 5.69 Å². The zero-order chi connectivity index (χ0) is 15.8. The maximum absolute atomic E-state index is 5.95. The number of nitrogens with zero attached hydrogens (tertiary/aromatic N) is 2. The van der Waals surface area contributed by atoms with Crippen LogP contribution in [0.4, 0.5) is 5.82 Å². The molecular formula is C19H25N3O. The third-order valence-corrected chi connectivity index (χ3v) is 4.99. The summed E-state index contributed by atoms with van der Waals surface area (Å²) < 4.78 is 8.07. The highest BCUT2D eigenvalue weighted by Crippen LogP contribution is 2.37. The summed E-state index contributed by atoms with van der Waals surface area (Å²) in [6, 6.07) is 6.57. The minimum Gasteiger partial charge on any atom is -0.372 e. The number of aryl methyl sites for hydroxylation is 2. The van der Waals surface area contributed by atoms with Gasteiger partial charge in [-0.3, -0.25) is 0 Å². The number of hydrogen-bond donors (Lipinski definition) is 1. The van der Waals surface area contributed by atoms with E-state index in [2.05, 4.69) is 42.0 Å². The van der Waals surface area contributed by atoms with E-state index >= 15 is 0 Å². The highest BCUT2D eigenvalue weighted by Gasteiger charge is 2.29. The maximum Gasteiger partial charge on any atom is 0.133 e. The first-order valence-electron chi connectivity index (χ1n) is 8.79. The Morgan fingerprint density at radius 1 is 1.22 bits per heavy atom. The highest BCUT2D eigenvalue weighted by molar-refractivity contribution is 5.57. The molecule has 3 heterocycles. The van der Waals surface area contributed by atoms with Crippen LogP contribution in [0.1, 0.15) is 54.2 Å². The smallest absolute Gasteiger partial charge is 0.133 e. The lowest BCUT2D eigenvalue weighted by atomic mass is 10.0. The normalized spacial score (nSPS) is 20.9. The van der Waals surface area contributed by atoms with Gasteiger partial charge in [0.2, 0.25) is 0 Å². The first-order valence-corrected chi connectivity index (χ1v) is 8.79. The topological polar surface area (TPSA) is 39.1 Å². The number of hydrogen-bond acceptors (Lipinski definition) is 3. The Morgan fingerprint density at radius 3 is 2.96 bits per heavy atom. The SMILES string of the molecule is Cc1ccc(C)c(-n2nc(C3CCCO3)c3c2NCCCC3)c1. The van der Waals surface area contributed by atoms with Crippen LogP contribution in [-0.2, 0) is 11.2 Å². The van der Waals surface area contributed by atoms with Crippen molar-refractivity contribution in [1.82, 2.24) is 9.78 Å².